The third kappa shape index (κ3) is 3.12. The minimum atomic E-state index is -3.70. The van der Waals surface area contributed by atoms with E-state index in [9.17, 15) is 8.42 Å². The minimum Gasteiger partial charge on any atom is -0.331 e. The van der Waals surface area contributed by atoms with Crippen LogP contribution in [0.3, 0.4) is 0 Å². The van der Waals surface area contributed by atoms with Gasteiger partial charge in [-0.05, 0) is 24.3 Å². The normalized spacial score (nSPS) is 11.7. The maximum atomic E-state index is 11.3. The van der Waals surface area contributed by atoms with E-state index in [4.69, 9.17) is 5.14 Å². The summed E-state index contributed by atoms with van der Waals surface area (Å²) in [7, 11) is -3.70. The molecule has 0 spiro atoms. The Hall–Kier alpha value is -2.75. The average molecular weight is 371 g/mol. The van der Waals surface area contributed by atoms with E-state index in [-0.39, 0.29) is 4.90 Å². The highest BCUT2D eigenvalue weighted by atomic mass is 32.2. The number of benzene rings is 2. The van der Waals surface area contributed by atoms with Gasteiger partial charge in [0.1, 0.15) is 5.52 Å². The number of sulfonamides is 1. The third-order valence-electron chi connectivity index (χ3n) is 3.61. The van der Waals surface area contributed by atoms with E-state index in [0.717, 1.165) is 21.6 Å². The number of nitrogens with one attached hydrogen (secondary N) is 2. The molecule has 9 heteroatoms. The predicted octanol–water partition coefficient (Wildman–Crippen LogP) is 3.08. The molecule has 2 aromatic heterocycles. The standard InChI is InChI=1S/C16H13N5O2S2/c17-25(22,23)12-8-6-11(7-9-12)18-16-19-14-13(20-21-15(14)24-16)10-4-2-1-3-5-10/h1-9H,(H,18,19)(H,20,21)(H2,17,22,23). The number of aromatic nitrogens is 3. The van der Waals surface area contributed by atoms with Gasteiger partial charge < -0.3 is 5.32 Å². The minimum absolute atomic E-state index is 0.0681. The molecule has 0 saturated carbocycles. The Balaban J connectivity index is 1.64. The van der Waals surface area contributed by atoms with Crippen molar-refractivity contribution in [3.05, 3.63) is 54.6 Å². The smallest absolute Gasteiger partial charge is 0.238 e. The van der Waals surface area contributed by atoms with Crippen LogP contribution in [0.1, 0.15) is 0 Å². The summed E-state index contributed by atoms with van der Waals surface area (Å²) in [6, 6.07) is 16.0. The first kappa shape index (κ1) is 15.8. The fourth-order valence-electron chi connectivity index (χ4n) is 2.42. The Labute approximate surface area is 147 Å². The quantitative estimate of drug-likeness (QED) is 0.510. The Bertz CT molecular complexity index is 1130. The predicted molar refractivity (Wildman–Crippen MR) is 98.3 cm³/mol. The summed E-state index contributed by atoms with van der Waals surface area (Å²) in [5.74, 6) is 0. The van der Waals surface area contributed by atoms with Crippen LogP contribution in [0.5, 0.6) is 0 Å². The molecule has 4 rings (SSSR count). The van der Waals surface area contributed by atoms with Gasteiger partial charge in [0.05, 0.1) is 10.6 Å². The molecule has 0 aliphatic rings. The highest BCUT2D eigenvalue weighted by Crippen LogP contribution is 2.32. The second kappa shape index (κ2) is 5.96. The van der Waals surface area contributed by atoms with E-state index in [1.54, 1.807) is 12.1 Å². The van der Waals surface area contributed by atoms with Gasteiger partial charge in [0.25, 0.3) is 0 Å². The fraction of sp³-hybridized carbons (Fsp3) is 0. The molecule has 0 saturated heterocycles. The maximum absolute atomic E-state index is 11.3. The van der Waals surface area contributed by atoms with Gasteiger partial charge >= 0.3 is 0 Å². The first-order chi connectivity index (χ1) is 12.0. The van der Waals surface area contributed by atoms with Crippen molar-refractivity contribution >= 4 is 42.5 Å². The highest BCUT2D eigenvalue weighted by molar-refractivity contribution is 7.89. The highest BCUT2D eigenvalue weighted by Gasteiger charge is 2.14. The molecule has 4 aromatic rings. The van der Waals surface area contributed by atoms with Gasteiger partial charge in [-0.25, -0.2) is 18.5 Å². The van der Waals surface area contributed by atoms with Crippen molar-refractivity contribution in [3.63, 3.8) is 0 Å². The zero-order valence-electron chi connectivity index (χ0n) is 12.8. The van der Waals surface area contributed by atoms with E-state index in [2.05, 4.69) is 20.5 Å². The second-order valence-corrected chi connectivity index (χ2v) is 7.87. The Morgan fingerprint density at radius 1 is 1.04 bits per heavy atom. The molecule has 126 valence electrons. The summed E-state index contributed by atoms with van der Waals surface area (Å²) in [4.78, 5) is 5.45. The molecule has 0 atom stereocenters. The van der Waals surface area contributed by atoms with Crippen LogP contribution in [-0.2, 0) is 10.0 Å². The van der Waals surface area contributed by atoms with Crippen molar-refractivity contribution in [3.8, 4) is 11.3 Å². The van der Waals surface area contributed by atoms with Crippen molar-refractivity contribution in [2.75, 3.05) is 5.32 Å². The summed E-state index contributed by atoms with van der Waals surface area (Å²) in [6.45, 7) is 0. The number of aromatic amines is 1. The van der Waals surface area contributed by atoms with Crippen LogP contribution < -0.4 is 10.5 Å². The molecule has 0 aliphatic carbocycles. The Kier molecular flexibility index (Phi) is 3.75. The van der Waals surface area contributed by atoms with Crippen molar-refractivity contribution in [1.29, 1.82) is 0 Å². The van der Waals surface area contributed by atoms with Crippen LogP contribution in [0.15, 0.2) is 59.5 Å². The zero-order valence-corrected chi connectivity index (χ0v) is 14.4. The summed E-state index contributed by atoms with van der Waals surface area (Å²) in [5.41, 5.74) is 3.39. The average Bonchev–Trinajstić information content (AvgIpc) is 3.15. The number of H-pyrrole nitrogens is 1. The van der Waals surface area contributed by atoms with Crippen LogP contribution in [-0.4, -0.2) is 23.6 Å². The fourth-order valence-corrected chi connectivity index (χ4v) is 3.76. The molecule has 0 unspecified atom stereocenters. The van der Waals surface area contributed by atoms with Gasteiger partial charge in [-0.1, -0.05) is 41.7 Å². The molecule has 2 heterocycles. The van der Waals surface area contributed by atoms with Crippen LogP contribution >= 0.6 is 11.3 Å². The lowest BCUT2D eigenvalue weighted by molar-refractivity contribution is 0.598. The molecule has 7 nitrogen and oxygen atoms in total. The van der Waals surface area contributed by atoms with E-state index < -0.39 is 10.0 Å². The molecule has 0 radical (unpaired) electrons. The van der Waals surface area contributed by atoms with Crippen molar-refractivity contribution in [1.82, 2.24) is 15.2 Å². The molecule has 2 aromatic carbocycles. The van der Waals surface area contributed by atoms with Crippen LogP contribution in [0.25, 0.3) is 21.6 Å². The number of fused-ring (bicyclic) bond motifs is 1. The summed E-state index contributed by atoms with van der Waals surface area (Å²) < 4.78 is 22.6. The number of nitrogens with zero attached hydrogens (tertiary/aromatic N) is 2. The van der Waals surface area contributed by atoms with Crippen molar-refractivity contribution < 1.29 is 8.42 Å². The summed E-state index contributed by atoms with van der Waals surface area (Å²) >= 11 is 1.41. The molecule has 0 aliphatic heterocycles. The first-order valence-corrected chi connectivity index (χ1v) is 9.67. The second-order valence-electron chi connectivity index (χ2n) is 5.33. The molecule has 0 amide bonds. The van der Waals surface area contributed by atoms with Gasteiger partial charge in [0, 0.05) is 11.3 Å². The molecule has 0 fully saturated rings. The van der Waals surface area contributed by atoms with Crippen molar-refractivity contribution in [2.24, 2.45) is 5.14 Å². The van der Waals surface area contributed by atoms with Gasteiger partial charge in [-0.3, -0.25) is 5.10 Å². The lowest BCUT2D eigenvalue weighted by atomic mass is 10.1. The molecule has 25 heavy (non-hydrogen) atoms. The summed E-state index contributed by atoms with van der Waals surface area (Å²) in [5, 5.41) is 16.2. The van der Waals surface area contributed by atoms with Gasteiger partial charge in [0.2, 0.25) is 10.0 Å². The molecular weight excluding hydrogens is 358 g/mol. The van der Waals surface area contributed by atoms with E-state index in [1.165, 1.54) is 23.5 Å². The number of nitrogens with two attached hydrogens (primary N) is 1. The Morgan fingerprint density at radius 2 is 1.76 bits per heavy atom. The number of rotatable bonds is 4. The van der Waals surface area contributed by atoms with E-state index >= 15 is 0 Å². The summed E-state index contributed by atoms with van der Waals surface area (Å²) in [6.07, 6.45) is 0. The lowest BCUT2D eigenvalue weighted by Gasteiger charge is -2.03. The molecular formula is C16H13N5O2S2. The number of hydrogen-bond donors (Lipinski definition) is 3. The topological polar surface area (TPSA) is 114 Å². The van der Waals surface area contributed by atoms with E-state index in [0.29, 0.717) is 10.8 Å². The zero-order chi connectivity index (χ0) is 17.4. The number of primary sulfonamides is 1. The number of thiazole rings is 1. The van der Waals surface area contributed by atoms with Crippen LogP contribution in [0, 0.1) is 0 Å². The third-order valence-corrected chi connectivity index (χ3v) is 5.41. The molecule has 0 bridgehead atoms. The van der Waals surface area contributed by atoms with Crippen LogP contribution in [0.2, 0.25) is 0 Å². The van der Waals surface area contributed by atoms with E-state index in [1.807, 2.05) is 30.3 Å². The van der Waals surface area contributed by atoms with Crippen LogP contribution in [0.4, 0.5) is 10.8 Å². The monoisotopic (exact) mass is 371 g/mol. The number of anilines is 2. The Morgan fingerprint density at radius 3 is 2.44 bits per heavy atom. The molecule has 4 N–H and O–H groups in total. The van der Waals surface area contributed by atoms with Gasteiger partial charge in [-0.2, -0.15) is 5.10 Å². The maximum Gasteiger partial charge on any atom is 0.238 e. The SMILES string of the molecule is NS(=O)(=O)c1ccc(Nc2nc3c(-c4ccccc4)[nH]nc3s2)cc1. The lowest BCUT2D eigenvalue weighted by Crippen LogP contribution is -2.11. The number of hydrogen-bond acceptors (Lipinski definition) is 6. The van der Waals surface area contributed by atoms with Gasteiger partial charge in [-0.15, -0.1) is 0 Å². The van der Waals surface area contributed by atoms with Gasteiger partial charge in [0.15, 0.2) is 9.96 Å². The largest absolute Gasteiger partial charge is 0.331 e. The van der Waals surface area contributed by atoms with Crippen molar-refractivity contribution in [2.45, 2.75) is 4.90 Å². The first-order valence-electron chi connectivity index (χ1n) is 7.31.